The number of aliphatic carboxylic acids is 1. The maximum Gasteiger partial charge on any atom is 0.338 e. The number of carboxylic acids is 1. The Balaban J connectivity index is 2.04. The maximum absolute atomic E-state index is 12.9. The number of ether oxygens (including phenoxy) is 3. The molecule has 0 fully saturated rings. The lowest BCUT2D eigenvalue weighted by atomic mass is 9.86. The van der Waals surface area contributed by atoms with Crippen LogP contribution in [-0.2, 0) is 15.0 Å². The van der Waals surface area contributed by atoms with Crippen molar-refractivity contribution in [2.75, 3.05) is 13.2 Å². The summed E-state index contributed by atoms with van der Waals surface area (Å²) in [6.07, 6.45) is 3.93. The minimum atomic E-state index is -0.937. The lowest BCUT2D eigenvalue weighted by molar-refractivity contribution is -0.132. The van der Waals surface area contributed by atoms with Gasteiger partial charge in [-0.1, -0.05) is 63.3 Å². The van der Waals surface area contributed by atoms with Crippen LogP contribution in [0.3, 0.4) is 0 Å². The van der Waals surface area contributed by atoms with Crippen LogP contribution in [0.2, 0.25) is 0 Å². The second-order valence-corrected chi connectivity index (χ2v) is 9.86. The molecule has 0 aliphatic heterocycles. The number of hydrogen-bond acceptors (Lipinski definition) is 6. The Hall–Kier alpha value is -3.58. The summed E-state index contributed by atoms with van der Waals surface area (Å²) in [6.45, 7) is 9.71. The molecule has 0 radical (unpaired) electrons. The van der Waals surface area contributed by atoms with Crippen LogP contribution in [0.1, 0.15) is 59.4 Å². The van der Waals surface area contributed by atoms with E-state index in [1.165, 1.54) is 0 Å². The van der Waals surface area contributed by atoms with E-state index >= 15 is 0 Å². The van der Waals surface area contributed by atoms with Gasteiger partial charge < -0.3 is 24.4 Å². The van der Waals surface area contributed by atoms with Crippen LogP contribution in [0.25, 0.3) is 0 Å². The smallest absolute Gasteiger partial charge is 0.338 e. The third kappa shape index (κ3) is 10.1. The van der Waals surface area contributed by atoms with Gasteiger partial charge in [0.15, 0.2) is 11.5 Å². The third-order valence-corrected chi connectivity index (χ3v) is 5.58. The van der Waals surface area contributed by atoms with Gasteiger partial charge in [-0.25, -0.2) is 9.59 Å². The molecule has 1 unspecified atom stereocenters. The first kappa shape index (κ1) is 29.6. The summed E-state index contributed by atoms with van der Waals surface area (Å²) in [5, 5.41) is 19.2. The van der Waals surface area contributed by atoms with E-state index in [0.717, 1.165) is 5.56 Å². The third-order valence-electron chi connectivity index (χ3n) is 5.58. The molecule has 0 amide bonds. The molecule has 0 aliphatic carbocycles. The van der Waals surface area contributed by atoms with E-state index in [0.29, 0.717) is 47.8 Å². The number of para-hydroxylation sites is 2. The topological polar surface area (TPSA) is 102 Å². The number of hydrogen-bond donors (Lipinski definition) is 2. The molecule has 2 rings (SSSR count). The van der Waals surface area contributed by atoms with Gasteiger partial charge in [0.1, 0.15) is 12.4 Å². The Kier molecular flexibility index (Phi) is 11.4. The van der Waals surface area contributed by atoms with Gasteiger partial charge in [0, 0.05) is 16.7 Å². The Bertz CT molecular complexity index is 1090. The largest absolute Gasteiger partial charge is 0.491 e. The predicted molar refractivity (Wildman–Crippen MR) is 143 cm³/mol. The van der Waals surface area contributed by atoms with E-state index in [1.54, 1.807) is 32.1 Å². The zero-order valence-electron chi connectivity index (χ0n) is 22.3. The van der Waals surface area contributed by atoms with E-state index in [-0.39, 0.29) is 18.4 Å². The van der Waals surface area contributed by atoms with Crippen molar-refractivity contribution in [1.82, 2.24) is 0 Å². The van der Waals surface area contributed by atoms with Crippen molar-refractivity contribution in [3.8, 4) is 17.2 Å². The van der Waals surface area contributed by atoms with Crippen LogP contribution >= 0.6 is 0 Å². The second kappa shape index (κ2) is 14.2. The van der Waals surface area contributed by atoms with E-state index in [1.807, 2.05) is 63.2 Å². The minimum Gasteiger partial charge on any atom is -0.491 e. The number of carbonyl (C=O) groups excluding carboxylic acids is 1. The summed E-state index contributed by atoms with van der Waals surface area (Å²) in [5.74, 6) is 0.00759. The first-order valence-corrected chi connectivity index (χ1v) is 12.4. The Morgan fingerprint density at radius 2 is 1.65 bits per heavy atom. The SMILES string of the molecule is CC(=CCCCOc1cccc(C(C)(C)C)c1OC(=O)C(C)=CCC(O)COc1ccccc1)C(=O)O. The molecule has 0 aromatic heterocycles. The molecule has 2 aromatic rings. The van der Waals surface area contributed by atoms with Crippen LogP contribution in [0.5, 0.6) is 17.2 Å². The number of carbonyl (C=O) groups is 2. The van der Waals surface area contributed by atoms with Crippen LogP contribution in [-0.4, -0.2) is 41.5 Å². The highest BCUT2D eigenvalue weighted by atomic mass is 16.6. The van der Waals surface area contributed by atoms with Gasteiger partial charge in [-0.15, -0.1) is 0 Å². The van der Waals surface area contributed by atoms with Gasteiger partial charge in [-0.05, 0) is 56.7 Å². The molecule has 37 heavy (non-hydrogen) atoms. The normalized spacial score (nSPS) is 13.1. The van der Waals surface area contributed by atoms with E-state index in [9.17, 15) is 14.7 Å². The van der Waals surface area contributed by atoms with E-state index in [2.05, 4.69) is 0 Å². The molecule has 7 heteroatoms. The maximum atomic E-state index is 12.9. The highest BCUT2D eigenvalue weighted by molar-refractivity contribution is 5.90. The standard InChI is InChI=1S/C30H38O7/c1-21(28(32)33)12-9-10-19-35-26-16-11-15-25(30(3,4)5)27(26)37-29(34)22(2)17-18-23(31)20-36-24-13-7-6-8-14-24/h6-8,11-17,23,31H,9-10,18-20H2,1-5H3,(H,32,33). The quantitative estimate of drug-likeness (QED) is 0.151. The summed E-state index contributed by atoms with van der Waals surface area (Å²) < 4.78 is 17.3. The highest BCUT2D eigenvalue weighted by Crippen LogP contribution is 2.39. The van der Waals surface area contributed by atoms with Crippen LogP contribution in [0.15, 0.2) is 71.8 Å². The molecule has 2 aromatic carbocycles. The van der Waals surface area contributed by atoms with Gasteiger partial charge in [0.2, 0.25) is 0 Å². The number of benzene rings is 2. The molecule has 1 atom stereocenters. The average Bonchev–Trinajstić information content (AvgIpc) is 2.86. The molecule has 0 heterocycles. The highest BCUT2D eigenvalue weighted by Gasteiger charge is 2.24. The Morgan fingerprint density at radius 3 is 2.30 bits per heavy atom. The fraction of sp³-hybridized carbons (Fsp3) is 0.400. The fourth-order valence-electron chi connectivity index (χ4n) is 3.34. The Labute approximate surface area is 219 Å². The first-order chi connectivity index (χ1) is 17.5. The predicted octanol–water partition coefficient (Wildman–Crippen LogP) is 5.86. The van der Waals surface area contributed by atoms with Gasteiger partial charge in [0.25, 0.3) is 0 Å². The molecular formula is C30H38O7. The van der Waals surface area contributed by atoms with Gasteiger partial charge in [-0.3, -0.25) is 0 Å². The van der Waals surface area contributed by atoms with Crippen LogP contribution < -0.4 is 14.2 Å². The number of aliphatic hydroxyl groups excluding tert-OH is 1. The molecule has 0 saturated carbocycles. The molecule has 7 nitrogen and oxygen atoms in total. The summed E-state index contributed by atoms with van der Waals surface area (Å²) in [4.78, 5) is 23.8. The van der Waals surface area contributed by atoms with Crippen molar-refractivity contribution in [2.45, 2.75) is 65.4 Å². The molecule has 0 spiro atoms. The van der Waals surface area contributed by atoms with Crippen molar-refractivity contribution in [2.24, 2.45) is 0 Å². The van der Waals surface area contributed by atoms with Gasteiger partial charge >= 0.3 is 11.9 Å². The van der Waals surface area contributed by atoms with Crippen molar-refractivity contribution in [3.05, 3.63) is 77.4 Å². The summed E-state index contributed by atoms with van der Waals surface area (Å²) >= 11 is 0. The van der Waals surface area contributed by atoms with Crippen LogP contribution in [0.4, 0.5) is 0 Å². The molecule has 200 valence electrons. The second-order valence-electron chi connectivity index (χ2n) is 9.86. The number of rotatable bonds is 13. The lowest BCUT2D eigenvalue weighted by Crippen LogP contribution is -2.19. The summed E-state index contributed by atoms with van der Waals surface area (Å²) in [5.41, 5.74) is 1.17. The molecule has 0 bridgehead atoms. The van der Waals surface area contributed by atoms with Crippen LogP contribution in [0, 0.1) is 0 Å². The number of esters is 1. The van der Waals surface area contributed by atoms with Crippen molar-refractivity contribution >= 4 is 11.9 Å². The zero-order valence-corrected chi connectivity index (χ0v) is 22.3. The average molecular weight is 511 g/mol. The monoisotopic (exact) mass is 510 g/mol. The fourth-order valence-corrected chi connectivity index (χ4v) is 3.34. The Morgan fingerprint density at radius 1 is 0.946 bits per heavy atom. The lowest BCUT2D eigenvalue weighted by Gasteiger charge is -2.24. The summed E-state index contributed by atoms with van der Waals surface area (Å²) in [7, 11) is 0. The van der Waals surface area contributed by atoms with Gasteiger partial charge in [0.05, 0.1) is 12.7 Å². The molecule has 2 N–H and O–H groups in total. The van der Waals surface area contributed by atoms with Crippen molar-refractivity contribution in [3.63, 3.8) is 0 Å². The molecule has 0 saturated heterocycles. The van der Waals surface area contributed by atoms with E-state index < -0.39 is 18.0 Å². The number of unbranched alkanes of at least 4 members (excludes halogenated alkanes) is 1. The number of aliphatic hydroxyl groups is 1. The number of carboxylic acid groups (broad SMARTS) is 1. The van der Waals surface area contributed by atoms with E-state index in [4.69, 9.17) is 19.3 Å². The molecule has 0 aliphatic rings. The van der Waals surface area contributed by atoms with Gasteiger partial charge in [-0.2, -0.15) is 0 Å². The molecular weight excluding hydrogens is 472 g/mol. The number of allylic oxidation sites excluding steroid dienone is 1. The zero-order chi connectivity index (χ0) is 27.4. The minimum absolute atomic E-state index is 0.106. The van der Waals surface area contributed by atoms with Crippen molar-refractivity contribution < 1.29 is 34.0 Å². The summed E-state index contributed by atoms with van der Waals surface area (Å²) in [6, 6.07) is 14.7. The van der Waals surface area contributed by atoms with Crippen molar-refractivity contribution in [1.29, 1.82) is 0 Å². The first-order valence-electron chi connectivity index (χ1n) is 12.4.